The second kappa shape index (κ2) is 5.58. The van der Waals surface area contributed by atoms with Crippen molar-refractivity contribution in [3.05, 3.63) is 35.1 Å². The Kier molecular flexibility index (Phi) is 4.39. The zero-order valence-corrected chi connectivity index (χ0v) is 10.3. The van der Waals surface area contributed by atoms with Gasteiger partial charge in [-0.3, -0.25) is 4.79 Å². The SMILES string of the molecule is Cc1ccc(F)c(C(=O)C(C#N)CC(C)C)c1. The van der Waals surface area contributed by atoms with E-state index in [4.69, 9.17) is 5.26 Å². The van der Waals surface area contributed by atoms with E-state index in [1.807, 2.05) is 19.9 Å². The molecule has 0 radical (unpaired) electrons. The first-order chi connectivity index (χ1) is 7.95. The molecule has 0 N–H and O–H groups in total. The van der Waals surface area contributed by atoms with E-state index in [0.29, 0.717) is 6.42 Å². The molecule has 2 nitrogen and oxygen atoms in total. The number of rotatable bonds is 4. The molecule has 0 aliphatic rings. The molecule has 0 aliphatic carbocycles. The lowest BCUT2D eigenvalue weighted by molar-refractivity contribution is 0.0932. The maximum atomic E-state index is 13.5. The third-order valence-electron chi connectivity index (χ3n) is 2.57. The van der Waals surface area contributed by atoms with E-state index < -0.39 is 17.5 Å². The fourth-order valence-electron chi connectivity index (χ4n) is 1.71. The van der Waals surface area contributed by atoms with E-state index in [2.05, 4.69) is 0 Å². The summed E-state index contributed by atoms with van der Waals surface area (Å²) in [7, 11) is 0. The highest BCUT2D eigenvalue weighted by Gasteiger charge is 2.23. The maximum absolute atomic E-state index is 13.5. The van der Waals surface area contributed by atoms with Gasteiger partial charge < -0.3 is 0 Å². The van der Waals surface area contributed by atoms with E-state index in [1.165, 1.54) is 12.1 Å². The van der Waals surface area contributed by atoms with Gasteiger partial charge in [0.2, 0.25) is 0 Å². The molecule has 17 heavy (non-hydrogen) atoms. The quantitative estimate of drug-likeness (QED) is 0.747. The number of nitrogens with zero attached hydrogens (tertiary/aromatic N) is 1. The normalized spacial score (nSPS) is 12.2. The Morgan fingerprint density at radius 2 is 2.12 bits per heavy atom. The van der Waals surface area contributed by atoms with Gasteiger partial charge in [0.15, 0.2) is 5.78 Å². The molecule has 0 fully saturated rings. The maximum Gasteiger partial charge on any atom is 0.182 e. The highest BCUT2D eigenvalue weighted by atomic mass is 19.1. The molecule has 0 saturated carbocycles. The van der Waals surface area contributed by atoms with Crippen molar-refractivity contribution in [3.63, 3.8) is 0 Å². The van der Waals surface area contributed by atoms with Gasteiger partial charge in [-0.1, -0.05) is 25.5 Å². The molecule has 1 aromatic carbocycles. The molecule has 0 aliphatic heterocycles. The van der Waals surface area contributed by atoms with Gasteiger partial charge in [-0.2, -0.15) is 5.26 Å². The molecule has 0 amide bonds. The lowest BCUT2D eigenvalue weighted by Gasteiger charge is -2.11. The molecule has 0 spiro atoms. The number of nitriles is 1. The van der Waals surface area contributed by atoms with Gasteiger partial charge in [-0.05, 0) is 31.4 Å². The van der Waals surface area contributed by atoms with Crippen molar-refractivity contribution in [2.75, 3.05) is 0 Å². The zero-order valence-electron chi connectivity index (χ0n) is 10.3. The number of benzene rings is 1. The summed E-state index contributed by atoms with van der Waals surface area (Å²) in [6.45, 7) is 5.66. The summed E-state index contributed by atoms with van der Waals surface area (Å²) in [5.74, 6) is -1.49. The van der Waals surface area contributed by atoms with E-state index in [0.717, 1.165) is 5.56 Å². The Morgan fingerprint density at radius 1 is 1.47 bits per heavy atom. The van der Waals surface area contributed by atoms with Crippen LogP contribution in [0.1, 0.15) is 36.2 Å². The molecule has 0 aromatic heterocycles. The van der Waals surface area contributed by atoms with Gasteiger partial charge in [-0.25, -0.2) is 4.39 Å². The lowest BCUT2D eigenvalue weighted by atomic mass is 9.90. The van der Waals surface area contributed by atoms with Crippen LogP contribution >= 0.6 is 0 Å². The number of aryl methyl sites for hydroxylation is 1. The van der Waals surface area contributed by atoms with Crippen molar-refractivity contribution < 1.29 is 9.18 Å². The second-order valence-corrected chi connectivity index (χ2v) is 4.66. The number of hydrogen-bond acceptors (Lipinski definition) is 2. The highest BCUT2D eigenvalue weighted by Crippen LogP contribution is 2.19. The minimum Gasteiger partial charge on any atom is -0.293 e. The lowest BCUT2D eigenvalue weighted by Crippen LogP contribution is -2.16. The monoisotopic (exact) mass is 233 g/mol. The summed E-state index contributed by atoms with van der Waals surface area (Å²) in [5.41, 5.74) is 0.841. The Hall–Kier alpha value is -1.69. The predicted molar refractivity (Wildman–Crippen MR) is 64.0 cm³/mol. The van der Waals surface area contributed by atoms with Crippen LogP contribution in [0.2, 0.25) is 0 Å². The molecular formula is C14H16FNO. The fourth-order valence-corrected chi connectivity index (χ4v) is 1.71. The number of carbonyl (C=O) groups excluding carboxylic acids is 1. The molecule has 1 aromatic rings. The van der Waals surface area contributed by atoms with Crippen LogP contribution in [0.15, 0.2) is 18.2 Å². The summed E-state index contributed by atoms with van der Waals surface area (Å²) in [6, 6.07) is 6.34. The molecule has 3 heteroatoms. The van der Waals surface area contributed by atoms with E-state index >= 15 is 0 Å². The van der Waals surface area contributed by atoms with Gasteiger partial charge in [0.05, 0.1) is 11.6 Å². The summed E-state index contributed by atoms with van der Waals surface area (Å²) in [4.78, 5) is 12.0. The van der Waals surface area contributed by atoms with Crippen LogP contribution in [-0.2, 0) is 0 Å². The van der Waals surface area contributed by atoms with Gasteiger partial charge in [0, 0.05) is 0 Å². The molecule has 1 rings (SSSR count). The number of halogens is 1. The van der Waals surface area contributed by atoms with E-state index in [-0.39, 0.29) is 11.5 Å². The zero-order chi connectivity index (χ0) is 13.0. The summed E-state index contributed by atoms with van der Waals surface area (Å²) in [6.07, 6.45) is 0.461. The largest absolute Gasteiger partial charge is 0.293 e. The minimum absolute atomic E-state index is 0.0252. The number of Topliss-reactive ketones (excluding diaryl/α,β-unsaturated/α-hetero) is 1. The number of ketones is 1. The van der Waals surface area contributed by atoms with Crippen LogP contribution in [0.3, 0.4) is 0 Å². The number of carbonyl (C=O) groups is 1. The third-order valence-corrected chi connectivity index (χ3v) is 2.57. The average Bonchev–Trinajstić information content (AvgIpc) is 2.28. The smallest absolute Gasteiger partial charge is 0.182 e. The first-order valence-electron chi connectivity index (χ1n) is 5.65. The van der Waals surface area contributed by atoms with Crippen molar-refractivity contribution in [1.29, 1.82) is 5.26 Å². The van der Waals surface area contributed by atoms with Crippen molar-refractivity contribution in [2.24, 2.45) is 11.8 Å². The van der Waals surface area contributed by atoms with Crippen LogP contribution in [-0.4, -0.2) is 5.78 Å². The molecule has 0 bridgehead atoms. The third kappa shape index (κ3) is 3.39. The molecule has 90 valence electrons. The predicted octanol–water partition coefficient (Wildman–Crippen LogP) is 3.50. The molecule has 1 unspecified atom stereocenters. The first-order valence-corrected chi connectivity index (χ1v) is 5.65. The van der Waals surface area contributed by atoms with Crippen LogP contribution < -0.4 is 0 Å². The van der Waals surface area contributed by atoms with Crippen LogP contribution in [0.4, 0.5) is 4.39 Å². The topological polar surface area (TPSA) is 40.9 Å². The average molecular weight is 233 g/mol. The van der Waals surface area contributed by atoms with Crippen molar-refractivity contribution in [3.8, 4) is 6.07 Å². The number of hydrogen-bond donors (Lipinski definition) is 0. The second-order valence-electron chi connectivity index (χ2n) is 4.66. The molecule has 0 saturated heterocycles. The summed E-state index contributed by atoms with van der Waals surface area (Å²) >= 11 is 0. The van der Waals surface area contributed by atoms with Gasteiger partial charge in [-0.15, -0.1) is 0 Å². The molecule has 1 atom stereocenters. The van der Waals surface area contributed by atoms with E-state index in [1.54, 1.807) is 13.0 Å². The van der Waals surface area contributed by atoms with Gasteiger partial charge in [0.25, 0.3) is 0 Å². The van der Waals surface area contributed by atoms with Crippen molar-refractivity contribution in [1.82, 2.24) is 0 Å². The Balaban J connectivity index is 3.02. The Bertz CT molecular complexity index is 460. The summed E-state index contributed by atoms with van der Waals surface area (Å²) in [5, 5.41) is 8.97. The van der Waals surface area contributed by atoms with Gasteiger partial charge in [0.1, 0.15) is 11.7 Å². The minimum atomic E-state index is -0.758. The Morgan fingerprint density at radius 3 is 2.65 bits per heavy atom. The summed E-state index contributed by atoms with van der Waals surface area (Å²) < 4.78 is 13.5. The van der Waals surface area contributed by atoms with Crippen LogP contribution in [0.5, 0.6) is 0 Å². The standard InChI is InChI=1S/C14H16FNO/c1-9(2)6-11(8-16)14(17)12-7-10(3)4-5-13(12)15/h4-5,7,9,11H,6H2,1-3H3. The van der Waals surface area contributed by atoms with E-state index in [9.17, 15) is 9.18 Å². The fraction of sp³-hybridized carbons (Fsp3) is 0.429. The highest BCUT2D eigenvalue weighted by molar-refractivity contribution is 5.99. The Labute approximate surface area is 101 Å². The van der Waals surface area contributed by atoms with Gasteiger partial charge >= 0.3 is 0 Å². The van der Waals surface area contributed by atoms with Crippen molar-refractivity contribution in [2.45, 2.75) is 27.2 Å². The molecular weight excluding hydrogens is 217 g/mol. The van der Waals surface area contributed by atoms with Crippen molar-refractivity contribution >= 4 is 5.78 Å². The van der Waals surface area contributed by atoms with Crippen LogP contribution in [0.25, 0.3) is 0 Å². The first kappa shape index (κ1) is 13.4. The molecule has 0 heterocycles. The van der Waals surface area contributed by atoms with Crippen LogP contribution in [0, 0.1) is 35.9 Å².